The Bertz CT molecular complexity index is 714. The van der Waals surface area contributed by atoms with Crippen molar-refractivity contribution in [3.8, 4) is 11.3 Å². The summed E-state index contributed by atoms with van der Waals surface area (Å²) in [6.45, 7) is 2.10. The molecule has 0 atom stereocenters. The van der Waals surface area contributed by atoms with Gasteiger partial charge >= 0.3 is 0 Å². The molecular weight excluding hydrogens is 264 g/mol. The van der Waals surface area contributed by atoms with Gasteiger partial charge in [0, 0.05) is 23.1 Å². The molecule has 0 aliphatic rings. The Balaban J connectivity index is 1.84. The molecule has 100 valence electrons. The van der Waals surface area contributed by atoms with Gasteiger partial charge in [0.1, 0.15) is 0 Å². The predicted molar refractivity (Wildman–Crippen MR) is 85.9 cm³/mol. The van der Waals surface area contributed by atoms with E-state index in [0.717, 1.165) is 28.4 Å². The molecule has 0 amide bonds. The van der Waals surface area contributed by atoms with Crippen LogP contribution in [0.2, 0.25) is 0 Å². The van der Waals surface area contributed by atoms with E-state index in [9.17, 15) is 0 Å². The van der Waals surface area contributed by atoms with Gasteiger partial charge in [-0.25, -0.2) is 4.98 Å². The summed E-state index contributed by atoms with van der Waals surface area (Å²) in [4.78, 5) is 4.70. The summed E-state index contributed by atoms with van der Waals surface area (Å²) in [7, 11) is 0. The third-order valence-electron chi connectivity index (χ3n) is 3.26. The minimum Gasteiger partial charge on any atom is -0.398 e. The number of benzene rings is 2. The number of hydrogen-bond acceptors (Lipinski definition) is 3. The molecule has 0 spiro atoms. The van der Waals surface area contributed by atoms with Gasteiger partial charge in [-0.2, -0.15) is 0 Å². The number of hydrogen-bond donors (Lipinski definition) is 1. The molecule has 0 radical (unpaired) electrons. The monoisotopic (exact) mass is 280 g/mol. The highest BCUT2D eigenvalue weighted by molar-refractivity contribution is 7.10. The van der Waals surface area contributed by atoms with Crippen molar-refractivity contribution in [2.45, 2.75) is 13.3 Å². The van der Waals surface area contributed by atoms with E-state index in [1.165, 1.54) is 11.1 Å². The van der Waals surface area contributed by atoms with Crippen LogP contribution in [-0.4, -0.2) is 4.98 Å². The first-order valence-electron chi connectivity index (χ1n) is 6.57. The number of nitrogens with two attached hydrogens (primary N) is 1. The maximum Gasteiger partial charge on any atom is 0.0976 e. The van der Waals surface area contributed by atoms with Gasteiger partial charge in [-0.1, -0.05) is 48.0 Å². The zero-order chi connectivity index (χ0) is 13.9. The fraction of sp³-hybridized carbons (Fsp3) is 0.118. The van der Waals surface area contributed by atoms with E-state index in [2.05, 4.69) is 36.6 Å². The highest BCUT2D eigenvalue weighted by Crippen LogP contribution is 2.27. The van der Waals surface area contributed by atoms with Gasteiger partial charge < -0.3 is 5.73 Å². The number of nitrogen functional groups attached to an aromatic ring is 1. The average molecular weight is 280 g/mol. The molecule has 3 aromatic rings. The van der Waals surface area contributed by atoms with Gasteiger partial charge in [0.15, 0.2) is 0 Å². The van der Waals surface area contributed by atoms with Crippen LogP contribution in [0.15, 0.2) is 53.9 Å². The summed E-state index contributed by atoms with van der Waals surface area (Å²) < 4.78 is 0. The van der Waals surface area contributed by atoms with Crippen LogP contribution in [0.4, 0.5) is 5.69 Å². The summed E-state index contributed by atoms with van der Waals surface area (Å²) in [5.74, 6) is 0. The van der Waals surface area contributed by atoms with Crippen molar-refractivity contribution >= 4 is 17.0 Å². The molecule has 1 aromatic heterocycles. The number of aryl methyl sites for hydroxylation is 1. The lowest BCUT2D eigenvalue weighted by atomic mass is 10.1. The summed E-state index contributed by atoms with van der Waals surface area (Å²) >= 11 is 1.69. The Morgan fingerprint density at radius 1 is 1.05 bits per heavy atom. The van der Waals surface area contributed by atoms with E-state index in [4.69, 9.17) is 10.7 Å². The van der Waals surface area contributed by atoms with Gasteiger partial charge in [-0.15, -0.1) is 11.3 Å². The highest BCUT2D eigenvalue weighted by Gasteiger charge is 2.07. The van der Waals surface area contributed by atoms with Crippen LogP contribution in [0.5, 0.6) is 0 Å². The van der Waals surface area contributed by atoms with Crippen molar-refractivity contribution in [2.75, 3.05) is 5.73 Å². The molecule has 0 bridgehead atoms. The largest absolute Gasteiger partial charge is 0.398 e. The molecule has 2 aromatic carbocycles. The fourth-order valence-corrected chi connectivity index (χ4v) is 2.96. The van der Waals surface area contributed by atoms with Crippen molar-refractivity contribution in [1.29, 1.82) is 0 Å². The Labute approximate surface area is 122 Å². The zero-order valence-corrected chi connectivity index (χ0v) is 12.2. The molecule has 0 aliphatic carbocycles. The van der Waals surface area contributed by atoms with Gasteiger partial charge in [-0.3, -0.25) is 0 Å². The molecule has 0 saturated carbocycles. The first-order valence-corrected chi connectivity index (χ1v) is 7.45. The summed E-state index contributed by atoms with van der Waals surface area (Å²) in [6, 6.07) is 16.5. The SMILES string of the molecule is Cc1ccc(Cc2nc(-c3ccccc3N)cs2)cc1. The van der Waals surface area contributed by atoms with Crippen molar-refractivity contribution in [3.05, 3.63) is 70.0 Å². The Kier molecular flexibility index (Phi) is 3.52. The van der Waals surface area contributed by atoms with Crippen molar-refractivity contribution in [3.63, 3.8) is 0 Å². The third-order valence-corrected chi connectivity index (χ3v) is 4.11. The number of rotatable bonds is 3. The summed E-state index contributed by atoms with van der Waals surface area (Å²) in [5, 5.41) is 3.20. The van der Waals surface area contributed by atoms with E-state index < -0.39 is 0 Å². The van der Waals surface area contributed by atoms with Gasteiger partial charge in [-0.05, 0) is 18.6 Å². The fourth-order valence-electron chi connectivity index (χ4n) is 2.13. The number of anilines is 1. The standard InChI is InChI=1S/C17H16N2S/c1-12-6-8-13(9-7-12)10-17-19-16(11-20-17)14-4-2-3-5-15(14)18/h2-9,11H,10,18H2,1H3. The second-order valence-corrected chi connectivity index (χ2v) is 5.82. The normalized spacial score (nSPS) is 10.7. The van der Waals surface area contributed by atoms with Crippen molar-refractivity contribution in [2.24, 2.45) is 0 Å². The molecule has 2 nitrogen and oxygen atoms in total. The van der Waals surface area contributed by atoms with Crippen LogP contribution in [0, 0.1) is 6.92 Å². The van der Waals surface area contributed by atoms with Crippen LogP contribution < -0.4 is 5.73 Å². The van der Waals surface area contributed by atoms with Crippen molar-refractivity contribution in [1.82, 2.24) is 4.98 Å². The van der Waals surface area contributed by atoms with E-state index in [1.54, 1.807) is 11.3 Å². The second-order valence-electron chi connectivity index (χ2n) is 4.88. The molecule has 1 heterocycles. The van der Waals surface area contributed by atoms with Gasteiger partial charge in [0.05, 0.1) is 10.7 Å². The minimum absolute atomic E-state index is 0.777. The summed E-state index contributed by atoms with van der Waals surface area (Å²) in [5.41, 5.74) is 11.3. The number of thiazole rings is 1. The third kappa shape index (κ3) is 2.73. The number of para-hydroxylation sites is 1. The maximum absolute atomic E-state index is 6.00. The lowest BCUT2D eigenvalue weighted by molar-refractivity contribution is 1.14. The Hall–Kier alpha value is -2.13. The molecule has 0 saturated heterocycles. The molecule has 0 aliphatic heterocycles. The van der Waals surface area contributed by atoms with Gasteiger partial charge in [0.2, 0.25) is 0 Å². The second kappa shape index (κ2) is 5.47. The van der Waals surface area contributed by atoms with Crippen molar-refractivity contribution < 1.29 is 0 Å². The van der Waals surface area contributed by atoms with Crippen LogP contribution >= 0.6 is 11.3 Å². The first kappa shape index (κ1) is 12.9. The predicted octanol–water partition coefficient (Wildman–Crippen LogP) is 4.29. The smallest absolute Gasteiger partial charge is 0.0976 e. The molecule has 2 N–H and O–H groups in total. The lowest BCUT2D eigenvalue weighted by Crippen LogP contribution is -1.91. The molecule has 0 fully saturated rings. The minimum atomic E-state index is 0.777. The maximum atomic E-state index is 6.00. The molecule has 20 heavy (non-hydrogen) atoms. The topological polar surface area (TPSA) is 38.9 Å². The van der Waals surface area contributed by atoms with Crippen LogP contribution in [0.3, 0.4) is 0 Å². The molecule has 3 heteroatoms. The van der Waals surface area contributed by atoms with Crippen LogP contribution in [0.25, 0.3) is 11.3 Å². The average Bonchev–Trinajstić information content (AvgIpc) is 2.90. The van der Waals surface area contributed by atoms with Crippen LogP contribution in [-0.2, 0) is 6.42 Å². The molecule has 3 rings (SSSR count). The van der Waals surface area contributed by atoms with Crippen LogP contribution in [0.1, 0.15) is 16.1 Å². The van der Waals surface area contributed by atoms with E-state index in [0.29, 0.717) is 0 Å². The Morgan fingerprint density at radius 3 is 2.55 bits per heavy atom. The van der Waals surface area contributed by atoms with Gasteiger partial charge in [0.25, 0.3) is 0 Å². The molecule has 0 unspecified atom stereocenters. The lowest BCUT2D eigenvalue weighted by Gasteiger charge is -2.01. The van der Waals surface area contributed by atoms with E-state index in [1.807, 2.05) is 24.3 Å². The Morgan fingerprint density at radius 2 is 1.80 bits per heavy atom. The highest BCUT2D eigenvalue weighted by atomic mass is 32.1. The number of nitrogens with zero attached hydrogens (tertiary/aromatic N) is 1. The summed E-state index contributed by atoms with van der Waals surface area (Å²) in [6.07, 6.45) is 0.873. The number of aromatic nitrogens is 1. The quantitative estimate of drug-likeness (QED) is 0.727. The van der Waals surface area contributed by atoms with E-state index >= 15 is 0 Å². The first-order chi connectivity index (χ1) is 9.72. The molecular formula is C17H16N2S. The van der Waals surface area contributed by atoms with E-state index in [-0.39, 0.29) is 0 Å². The zero-order valence-electron chi connectivity index (χ0n) is 11.3.